The molecule has 0 aliphatic carbocycles. The summed E-state index contributed by atoms with van der Waals surface area (Å²) in [6, 6.07) is 16.1. The number of ether oxygens (including phenoxy) is 1. The van der Waals surface area contributed by atoms with E-state index in [9.17, 15) is 4.79 Å². The Morgan fingerprint density at radius 1 is 0.933 bits per heavy atom. The molecule has 4 rings (SSSR count). The smallest absolute Gasteiger partial charge is 0.277 e. The largest absolute Gasteiger partial charge is 0.497 e. The van der Waals surface area contributed by atoms with E-state index in [2.05, 4.69) is 28.0 Å². The molecule has 6 nitrogen and oxygen atoms in total. The minimum atomic E-state index is 0.274. The number of methoxy groups -OCH3 is 1. The number of anilines is 2. The molecule has 0 atom stereocenters. The van der Waals surface area contributed by atoms with Crippen LogP contribution >= 0.6 is 11.6 Å². The van der Waals surface area contributed by atoms with Gasteiger partial charge in [0.05, 0.1) is 33.3 Å². The number of carbonyl (C=O) groups excluding carboxylic acids is 1. The molecule has 2 aliphatic rings. The van der Waals surface area contributed by atoms with E-state index in [1.807, 2.05) is 35.2 Å². The minimum absolute atomic E-state index is 0.274. The molecule has 160 valence electrons. The molecule has 30 heavy (non-hydrogen) atoms. The molecule has 0 aromatic heterocycles. The SMILES string of the molecule is COc1ccc(N2CCN(C(=O)C[NH+]3CCN(c4cccc(Cl)c4)CC3)CC2)cc1. The van der Waals surface area contributed by atoms with Crippen LogP contribution in [0, 0.1) is 0 Å². The van der Waals surface area contributed by atoms with Crippen molar-refractivity contribution in [2.75, 3.05) is 75.8 Å². The fraction of sp³-hybridized carbons (Fsp3) is 0.435. The van der Waals surface area contributed by atoms with Gasteiger partial charge >= 0.3 is 0 Å². The van der Waals surface area contributed by atoms with Gasteiger partial charge in [0.2, 0.25) is 0 Å². The molecule has 7 heteroatoms. The lowest BCUT2D eigenvalue weighted by molar-refractivity contribution is -0.892. The van der Waals surface area contributed by atoms with E-state index in [0.29, 0.717) is 6.54 Å². The Hall–Kier alpha value is -2.44. The van der Waals surface area contributed by atoms with Gasteiger partial charge in [-0.15, -0.1) is 0 Å². The summed E-state index contributed by atoms with van der Waals surface area (Å²) in [7, 11) is 1.68. The first-order valence-corrected chi connectivity index (χ1v) is 11.0. The number of hydrogen-bond acceptors (Lipinski definition) is 4. The van der Waals surface area contributed by atoms with Crippen LogP contribution in [0.3, 0.4) is 0 Å². The van der Waals surface area contributed by atoms with Gasteiger partial charge in [0, 0.05) is 42.6 Å². The van der Waals surface area contributed by atoms with Gasteiger partial charge in [-0.3, -0.25) is 4.79 Å². The van der Waals surface area contributed by atoms with Crippen molar-refractivity contribution in [3.63, 3.8) is 0 Å². The number of hydrogen-bond donors (Lipinski definition) is 1. The summed E-state index contributed by atoms with van der Waals surface area (Å²) in [5.41, 5.74) is 2.35. The number of halogens is 1. The fourth-order valence-corrected chi connectivity index (χ4v) is 4.45. The Morgan fingerprint density at radius 2 is 1.60 bits per heavy atom. The van der Waals surface area contributed by atoms with Gasteiger partial charge < -0.3 is 24.3 Å². The number of quaternary nitrogens is 1. The maximum atomic E-state index is 12.8. The molecular formula is C23H30ClN4O2+. The monoisotopic (exact) mass is 429 g/mol. The molecular weight excluding hydrogens is 400 g/mol. The summed E-state index contributed by atoms with van der Waals surface area (Å²) in [6.07, 6.45) is 0. The third kappa shape index (κ3) is 4.99. The van der Waals surface area contributed by atoms with Crippen LogP contribution in [0.25, 0.3) is 0 Å². The van der Waals surface area contributed by atoms with Crippen LogP contribution in [-0.2, 0) is 4.79 Å². The second-order valence-electron chi connectivity index (χ2n) is 7.96. The highest BCUT2D eigenvalue weighted by Crippen LogP contribution is 2.21. The number of benzene rings is 2. The van der Waals surface area contributed by atoms with Gasteiger partial charge in [-0.05, 0) is 42.5 Å². The van der Waals surface area contributed by atoms with Crippen LogP contribution in [0.4, 0.5) is 11.4 Å². The van der Waals surface area contributed by atoms with Gasteiger partial charge in [0.15, 0.2) is 6.54 Å². The number of piperazine rings is 2. The zero-order chi connectivity index (χ0) is 20.9. The van der Waals surface area contributed by atoms with E-state index < -0.39 is 0 Å². The lowest BCUT2D eigenvalue weighted by Crippen LogP contribution is -3.16. The summed E-state index contributed by atoms with van der Waals surface area (Å²) in [5.74, 6) is 1.14. The van der Waals surface area contributed by atoms with Gasteiger partial charge in [-0.25, -0.2) is 0 Å². The Bertz CT molecular complexity index is 845. The standard InChI is InChI=1S/C23H29ClN4O2/c1-30-22-7-5-20(6-8-22)26-13-15-28(16-14-26)23(29)18-25-9-11-27(12-10-25)21-4-2-3-19(24)17-21/h2-8,17H,9-16,18H2,1H3/p+1. The van der Waals surface area contributed by atoms with Crippen LogP contribution in [0.2, 0.25) is 5.02 Å². The number of rotatable bonds is 5. The van der Waals surface area contributed by atoms with E-state index in [1.165, 1.54) is 16.3 Å². The van der Waals surface area contributed by atoms with Gasteiger partial charge in [-0.1, -0.05) is 17.7 Å². The van der Waals surface area contributed by atoms with E-state index in [-0.39, 0.29) is 5.91 Å². The molecule has 2 fully saturated rings. The van der Waals surface area contributed by atoms with Gasteiger partial charge in [0.1, 0.15) is 5.75 Å². The summed E-state index contributed by atoms with van der Waals surface area (Å²) in [6.45, 7) is 7.76. The lowest BCUT2D eigenvalue weighted by atomic mass is 10.2. The van der Waals surface area contributed by atoms with Gasteiger partial charge in [0.25, 0.3) is 5.91 Å². The van der Waals surface area contributed by atoms with Gasteiger partial charge in [-0.2, -0.15) is 0 Å². The molecule has 2 aromatic rings. The molecule has 0 radical (unpaired) electrons. The molecule has 0 spiro atoms. The van der Waals surface area contributed by atoms with Crippen LogP contribution < -0.4 is 19.4 Å². The third-order valence-corrected chi connectivity index (χ3v) is 6.35. The second kappa shape index (κ2) is 9.58. The predicted molar refractivity (Wildman–Crippen MR) is 121 cm³/mol. The minimum Gasteiger partial charge on any atom is -0.497 e. The fourth-order valence-electron chi connectivity index (χ4n) is 4.26. The van der Waals surface area contributed by atoms with Crippen molar-refractivity contribution in [1.82, 2.24) is 4.90 Å². The van der Waals surface area contributed by atoms with Crippen LogP contribution in [0.1, 0.15) is 0 Å². The van der Waals surface area contributed by atoms with Crippen molar-refractivity contribution in [2.45, 2.75) is 0 Å². The van der Waals surface area contributed by atoms with Crippen molar-refractivity contribution in [3.05, 3.63) is 53.6 Å². The zero-order valence-corrected chi connectivity index (χ0v) is 18.3. The summed E-state index contributed by atoms with van der Waals surface area (Å²) < 4.78 is 5.23. The van der Waals surface area contributed by atoms with Crippen molar-refractivity contribution < 1.29 is 14.4 Å². The highest BCUT2D eigenvalue weighted by molar-refractivity contribution is 6.30. The van der Waals surface area contributed by atoms with E-state index in [1.54, 1.807) is 7.11 Å². The van der Waals surface area contributed by atoms with Crippen LogP contribution in [0.5, 0.6) is 5.75 Å². The Kier molecular flexibility index (Phi) is 6.65. The summed E-state index contributed by atoms with van der Waals surface area (Å²) >= 11 is 6.12. The highest BCUT2D eigenvalue weighted by Gasteiger charge is 2.27. The number of nitrogens with one attached hydrogen (secondary N) is 1. The molecule has 1 N–H and O–H groups in total. The molecule has 0 bridgehead atoms. The first-order valence-electron chi connectivity index (χ1n) is 10.6. The number of carbonyl (C=O) groups is 1. The Balaban J connectivity index is 1.22. The summed E-state index contributed by atoms with van der Waals surface area (Å²) in [5, 5.41) is 0.770. The van der Waals surface area contributed by atoms with E-state index in [0.717, 1.165) is 63.1 Å². The quantitative estimate of drug-likeness (QED) is 0.780. The Morgan fingerprint density at radius 3 is 2.23 bits per heavy atom. The zero-order valence-electron chi connectivity index (χ0n) is 17.5. The maximum Gasteiger partial charge on any atom is 0.277 e. The second-order valence-corrected chi connectivity index (χ2v) is 8.40. The Labute approximate surface area is 183 Å². The number of amides is 1. The van der Waals surface area contributed by atoms with Crippen LogP contribution in [-0.4, -0.2) is 76.8 Å². The first kappa shape index (κ1) is 20.8. The molecule has 1 amide bonds. The first-order chi connectivity index (χ1) is 14.6. The molecule has 2 aromatic carbocycles. The maximum absolute atomic E-state index is 12.8. The normalized spacial score (nSPS) is 17.9. The van der Waals surface area contributed by atoms with Crippen molar-refractivity contribution in [3.8, 4) is 5.75 Å². The number of nitrogens with zero attached hydrogens (tertiary/aromatic N) is 3. The topological polar surface area (TPSA) is 40.5 Å². The molecule has 0 saturated carbocycles. The third-order valence-electron chi connectivity index (χ3n) is 6.12. The van der Waals surface area contributed by atoms with Crippen molar-refractivity contribution in [2.24, 2.45) is 0 Å². The van der Waals surface area contributed by atoms with E-state index >= 15 is 0 Å². The molecule has 2 saturated heterocycles. The average molecular weight is 430 g/mol. The van der Waals surface area contributed by atoms with Crippen molar-refractivity contribution in [1.29, 1.82) is 0 Å². The lowest BCUT2D eigenvalue weighted by Gasteiger charge is -2.37. The molecule has 2 heterocycles. The van der Waals surface area contributed by atoms with Crippen molar-refractivity contribution >= 4 is 28.9 Å². The van der Waals surface area contributed by atoms with Crippen LogP contribution in [0.15, 0.2) is 48.5 Å². The molecule has 0 unspecified atom stereocenters. The summed E-state index contributed by atoms with van der Waals surface area (Å²) in [4.78, 5) is 20.9. The predicted octanol–water partition coefficient (Wildman–Crippen LogP) is 1.40. The van der Waals surface area contributed by atoms with E-state index in [4.69, 9.17) is 16.3 Å². The highest BCUT2D eigenvalue weighted by atomic mass is 35.5. The molecule has 2 aliphatic heterocycles. The average Bonchev–Trinajstić information content (AvgIpc) is 2.80.